The summed E-state index contributed by atoms with van der Waals surface area (Å²) in [5.74, 6) is -2.00. The quantitative estimate of drug-likeness (QED) is 0.795. The maximum absolute atomic E-state index is 12.8. The number of rotatable bonds is 6. The average molecular weight is 318 g/mol. The van der Waals surface area contributed by atoms with Crippen LogP contribution in [0, 0.1) is 0 Å². The molecule has 1 aliphatic heterocycles. The minimum atomic E-state index is -1.36. The van der Waals surface area contributed by atoms with Gasteiger partial charge in [0.2, 0.25) is 5.43 Å². The molecule has 0 saturated heterocycles. The van der Waals surface area contributed by atoms with Crippen LogP contribution in [0.3, 0.4) is 0 Å². The van der Waals surface area contributed by atoms with Crippen LogP contribution >= 0.6 is 0 Å². The third kappa shape index (κ3) is 2.77. The molecule has 2 rings (SSSR count). The van der Waals surface area contributed by atoms with E-state index in [9.17, 15) is 14.4 Å². The highest BCUT2D eigenvalue weighted by Crippen LogP contribution is 2.25. The largest absolute Gasteiger partial charge is 0.491 e. The van der Waals surface area contributed by atoms with E-state index in [1.807, 2.05) is 0 Å². The number of fused-ring (bicyclic) bond motifs is 1. The average Bonchev–Trinajstić information content (AvgIpc) is 2.51. The third-order valence-corrected chi connectivity index (χ3v) is 3.75. The molecule has 7 nitrogen and oxygen atoms in total. The first-order chi connectivity index (χ1) is 11.0. The van der Waals surface area contributed by atoms with Gasteiger partial charge in [-0.2, -0.15) is 0 Å². The van der Waals surface area contributed by atoms with E-state index in [-0.39, 0.29) is 17.5 Å². The predicted molar refractivity (Wildman–Crippen MR) is 84.0 cm³/mol. The Bertz CT molecular complexity index is 735. The van der Waals surface area contributed by atoms with Gasteiger partial charge in [0.1, 0.15) is 5.56 Å². The van der Waals surface area contributed by atoms with Crippen LogP contribution in [0.15, 0.2) is 36.3 Å². The summed E-state index contributed by atoms with van der Waals surface area (Å²) >= 11 is 0. The van der Waals surface area contributed by atoms with E-state index in [0.717, 1.165) is 0 Å². The highest BCUT2D eigenvalue weighted by Gasteiger charge is 2.35. The minimum Gasteiger partial charge on any atom is -0.491 e. The molecule has 0 spiro atoms. The van der Waals surface area contributed by atoms with Crippen LogP contribution in [0.4, 0.5) is 0 Å². The number of hydrogen-bond donors (Lipinski definition) is 1. The van der Waals surface area contributed by atoms with Crippen molar-refractivity contribution in [1.29, 1.82) is 0 Å². The SMILES string of the molecule is C=CCC1Cn2cc(C(=O)O)c(=O)c(OC)c2C(=O)N1CC=C. The molecule has 1 amide bonds. The summed E-state index contributed by atoms with van der Waals surface area (Å²) in [5.41, 5.74) is -1.17. The van der Waals surface area contributed by atoms with E-state index in [0.29, 0.717) is 19.5 Å². The highest BCUT2D eigenvalue weighted by molar-refractivity contribution is 5.98. The van der Waals surface area contributed by atoms with Gasteiger partial charge in [-0.15, -0.1) is 13.2 Å². The number of carboxylic acid groups (broad SMARTS) is 1. The fraction of sp³-hybridized carbons (Fsp3) is 0.312. The van der Waals surface area contributed by atoms with Crippen molar-refractivity contribution in [2.45, 2.75) is 19.0 Å². The van der Waals surface area contributed by atoms with Gasteiger partial charge in [-0.25, -0.2) is 4.79 Å². The maximum Gasteiger partial charge on any atom is 0.341 e. The lowest BCUT2D eigenvalue weighted by atomic mass is 10.1. The number of methoxy groups -OCH3 is 1. The van der Waals surface area contributed by atoms with Crippen molar-refractivity contribution in [1.82, 2.24) is 9.47 Å². The van der Waals surface area contributed by atoms with Gasteiger partial charge < -0.3 is 19.3 Å². The third-order valence-electron chi connectivity index (χ3n) is 3.75. The molecular weight excluding hydrogens is 300 g/mol. The van der Waals surface area contributed by atoms with Crippen molar-refractivity contribution in [2.24, 2.45) is 0 Å². The fourth-order valence-corrected chi connectivity index (χ4v) is 2.74. The van der Waals surface area contributed by atoms with Crippen LogP contribution in [0.2, 0.25) is 0 Å². The fourth-order valence-electron chi connectivity index (χ4n) is 2.74. The first kappa shape index (κ1) is 16.5. The summed E-state index contributed by atoms with van der Waals surface area (Å²) < 4.78 is 6.51. The van der Waals surface area contributed by atoms with E-state index in [4.69, 9.17) is 9.84 Å². The van der Waals surface area contributed by atoms with Crippen molar-refractivity contribution in [2.75, 3.05) is 13.7 Å². The van der Waals surface area contributed by atoms with Gasteiger partial charge in [-0.1, -0.05) is 12.2 Å². The van der Waals surface area contributed by atoms with Gasteiger partial charge in [0.25, 0.3) is 5.91 Å². The number of ether oxygens (including phenoxy) is 1. The molecule has 0 fully saturated rings. The van der Waals surface area contributed by atoms with Gasteiger partial charge in [0.05, 0.1) is 13.2 Å². The summed E-state index contributed by atoms with van der Waals surface area (Å²) in [5, 5.41) is 9.16. The molecule has 0 radical (unpaired) electrons. The zero-order valence-electron chi connectivity index (χ0n) is 12.8. The van der Waals surface area contributed by atoms with Gasteiger partial charge in [-0.3, -0.25) is 9.59 Å². The van der Waals surface area contributed by atoms with Gasteiger partial charge >= 0.3 is 5.97 Å². The summed E-state index contributed by atoms with van der Waals surface area (Å²) in [6.45, 7) is 7.98. The molecule has 1 atom stereocenters. The second kappa shape index (κ2) is 6.51. The van der Waals surface area contributed by atoms with Crippen molar-refractivity contribution in [3.05, 3.63) is 53.0 Å². The number of carbonyl (C=O) groups is 2. The normalized spacial score (nSPS) is 16.7. The Morgan fingerprint density at radius 3 is 2.65 bits per heavy atom. The van der Waals surface area contributed by atoms with Crippen LogP contribution in [0.1, 0.15) is 27.3 Å². The number of carboxylic acids is 1. The summed E-state index contributed by atoms with van der Waals surface area (Å²) in [4.78, 5) is 37.8. The Hall–Kier alpha value is -2.83. The van der Waals surface area contributed by atoms with Crippen LogP contribution in [0.5, 0.6) is 5.75 Å². The maximum atomic E-state index is 12.8. The molecule has 122 valence electrons. The lowest BCUT2D eigenvalue weighted by Gasteiger charge is -2.37. The molecular formula is C16H18N2O5. The lowest BCUT2D eigenvalue weighted by Crippen LogP contribution is -2.49. The minimum absolute atomic E-state index is 0.0599. The van der Waals surface area contributed by atoms with Crippen LogP contribution in [-0.4, -0.2) is 46.1 Å². The van der Waals surface area contributed by atoms with E-state index in [1.165, 1.54) is 17.9 Å². The summed E-state index contributed by atoms with van der Waals surface area (Å²) in [7, 11) is 1.24. The first-order valence-electron chi connectivity index (χ1n) is 7.03. The second-order valence-electron chi connectivity index (χ2n) is 5.14. The second-order valence-corrected chi connectivity index (χ2v) is 5.14. The molecule has 1 aromatic heterocycles. The topological polar surface area (TPSA) is 88.8 Å². The molecule has 0 aliphatic carbocycles. The predicted octanol–water partition coefficient (Wildman–Crippen LogP) is 1.14. The van der Waals surface area contributed by atoms with Gasteiger partial charge in [0, 0.05) is 19.3 Å². The van der Waals surface area contributed by atoms with Crippen LogP contribution in [0.25, 0.3) is 0 Å². The standard InChI is InChI=1S/C16H18N2O5/c1-4-6-10-8-17-9-11(16(21)22)13(19)14(23-3)12(17)15(20)18(10)7-5-2/h4-5,9-10H,1-2,6-8H2,3H3,(H,21,22). The Balaban J connectivity index is 2.68. The van der Waals surface area contributed by atoms with E-state index >= 15 is 0 Å². The lowest BCUT2D eigenvalue weighted by molar-refractivity contribution is 0.0607. The zero-order chi connectivity index (χ0) is 17.1. The Morgan fingerprint density at radius 2 is 2.13 bits per heavy atom. The van der Waals surface area contributed by atoms with E-state index in [2.05, 4.69) is 13.2 Å². The number of pyridine rings is 1. The monoisotopic (exact) mass is 318 g/mol. The number of hydrogen-bond acceptors (Lipinski definition) is 4. The van der Waals surface area contributed by atoms with Crippen molar-refractivity contribution < 1.29 is 19.4 Å². The molecule has 1 aromatic rings. The first-order valence-corrected chi connectivity index (χ1v) is 7.03. The molecule has 0 saturated carbocycles. The molecule has 1 unspecified atom stereocenters. The van der Waals surface area contributed by atoms with Crippen LogP contribution < -0.4 is 10.2 Å². The molecule has 2 heterocycles. The molecule has 7 heteroatoms. The van der Waals surface area contributed by atoms with Crippen molar-refractivity contribution in [3.8, 4) is 5.75 Å². The number of carbonyl (C=O) groups excluding carboxylic acids is 1. The van der Waals surface area contributed by atoms with Crippen molar-refractivity contribution in [3.63, 3.8) is 0 Å². The van der Waals surface area contributed by atoms with E-state index in [1.54, 1.807) is 17.1 Å². The smallest absolute Gasteiger partial charge is 0.341 e. The Morgan fingerprint density at radius 1 is 1.43 bits per heavy atom. The molecule has 0 aromatic carbocycles. The summed E-state index contributed by atoms with van der Waals surface area (Å²) in [6.07, 6.45) is 5.02. The number of aromatic nitrogens is 1. The number of aromatic carboxylic acids is 1. The number of nitrogens with zero attached hydrogens (tertiary/aromatic N) is 2. The Kier molecular flexibility index (Phi) is 4.68. The zero-order valence-corrected chi connectivity index (χ0v) is 12.8. The molecule has 1 N–H and O–H groups in total. The molecule has 23 heavy (non-hydrogen) atoms. The number of amides is 1. The van der Waals surface area contributed by atoms with Crippen LogP contribution in [-0.2, 0) is 6.54 Å². The highest BCUT2D eigenvalue weighted by atomic mass is 16.5. The van der Waals surface area contributed by atoms with Gasteiger partial charge in [-0.05, 0) is 6.42 Å². The molecule has 1 aliphatic rings. The Labute approximate surface area is 133 Å². The van der Waals surface area contributed by atoms with E-state index < -0.39 is 22.9 Å². The summed E-state index contributed by atoms with van der Waals surface area (Å²) in [6, 6.07) is -0.195. The molecule has 0 bridgehead atoms. The van der Waals surface area contributed by atoms with Gasteiger partial charge in [0.15, 0.2) is 11.4 Å². The van der Waals surface area contributed by atoms with Crippen molar-refractivity contribution >= 4 is 11.9 Å².